The standard InChI is InChI=1S/C33H55NO6/c1-10-11-14-22(4)31(40-33(34)38)27(9)30(36)25(7)18-20(2)17-24(6)29(35)21(3)15-12-13-16-28-23(5)19-26(8)32(37)39-28/h10-12,14-15,17,21-31,35-36H,1,13,16,18-19H2,2-9H3,(H2,34,38)/b14-11-,15-12-,20-17-/t21-,22-,23+,24-,25-,26+,27-,28-,29-,30+,31-/m0/s1. The van der Waals surface area contributed by atoms with Crippen LogP contribution in [0.4, 0.5) is 4.79 Å². The largest absolute Gasteiger partial charge is 0.462 e. The molecule has 40 heavy (non-hydrogen) atoms. The summed E-state index contributed by atoms with van der Waals surface area (Å²) >= 11 is 0. The number of rotatable bonds is 16. The highest BCUT2D eigenvalue weighted by Gasteiger charge is 2.34. The van der Waals surface area contributed by atoms with Gasteiger partial charge in [0.05, 0.1) is 18.1 Å². The molecule has 1 heterocycles. The molecule has 1 rings (SSSR count). The topological polar surface area (TPSA) is 119 Å². The molecule has 1 aliphatic rings. The number of hydrogen-bond acceptors (Lipinski definition) is 6. The summed E-state index contributed by atoms with van der Waals surface area (Å²) in [5.41, 5.74) is 6.39. The molecule has 0 aromatic heterocycles. The van der Waals surface area contributed by atoms with E-state index in [9.17, 15) is 19.8 Å². The van der Waals surface area contributed by atoms with Crippen LogP contribution in [0.25, 0.3) is 0 Å². The van der Waals surface area contributed by atoms with Crippen LogP contribution in [-0.4, -0.2) is 46.7 Å². The molecule has 0 radical (unpaired) electrons. The van der Waals surface area contributed by atoms with E-state index in [0.29, 0.717) is 12.3 Å². The van der Waals surface area contributed by atoms with Gasteiger partial charge in [0, 0.05) is 23.7 Å². The number of allylic oxidation sites excluding steroid dienone is 4. The highest BCUT2D eigenvalue weighted by molar-refractivity contribution is 5.73. The van der Waals surface area contributed by atoms with Gasteiger partial charge < -0.3 is 25.4 Å². The molecule has 1 saturated heterocycles. The Balaban J connectivity index is 2.68. The molecule has 7 nitrogen and oxygen atoms in total. The van der Waals surface area contributed by atoms with E-state index in [1.54, 1.807) is 12.2 Å². The number of primary amides is 1. The lowest BCUT2D eigenvalue weighted by Crippen LogP contribution is -2.41. The highest BCUT2D eigenvalue weighted by Crippen LogP contribution is 2.30. The van der Waals surface area contributed by atoms with Crippen LogP contribution in [0.3, 0.4) is 0 Å². The quantitative estimate of drug-likeness (QED) is 0.115. The molecule has 0 aromatic rings. The Morgan fingerprint density at radius 2 is 1.75 bits per heavy atom. The predicted octanol–water partition coefficient (Wildman–Crippen LogP) is 6.36. The average molecular weight is 562 g/mol. The van der Waals surface area contributed by atoms with Crippen molar-refractivity contribution >= 4 is 12.1 Å². The highest BCUT2D eigenvalue weighted by atomic mass is 16.6. The van der Waals surface area contributed by atoms with E-state index < -0.39 is 24.4 Å². The van der Waals surface area contributed by atoms with Crippen molar-refractivity contribution in [1.82, 2.24) is 0 Å². The molecular formula is C33H55NO6. The Bertz CT molecular complexity index is 895. The average Bonchev–Trinajstić information content (AvgIpc) is 2.89. The summed E-state index contributed by atoms with van der Waals surface area (Å²) < 4.78 is 11.0. The van der Waals surface area contributed by atoms with Gasteiger partial charge in [-0.1, -0.05) is 97.1 Å². The second-order valence-electron chi connectivity index (χ2n) is 12.2. The normalized spacial score (nSPS) is 26.4. The zero-order chi connectivity index (χ0) is 30.6. The summed E-state index contributed by atoms with van der Waals surface area (Å²) in [4.78, 5) is 23.4. The number of nitrogens with two attached hydrogens (primary N) is 1. The fourth-order valence-electron chi connectivity index (χ4n) is 5.84. The second kappa shape index (κ2) is 17.4. The Morgan fingerprint density at radius 1 is 1.10 bits per heavy atom. The Morgan fingerprint density at radius 3 is 2.35 bits per heavy atom. The van der Waals surface area contributed by atoms with Gasteiger partial charge in [-0.2, -0.15) is 0 Å². The Labute approximate surface area is 242 Å². The number of cyclic esters (lactones) is 1. The van der Waals surface area contributed by atoms with Gasteiger partial charge in [-0.15, -0.1) is 0 Å². The van der Waals surface area contributed by atoms with Crippen molar-refractivity contribution in [3.05, 3.63) is 48.6 Å². The Kier molecular flexibility index (Phi) is 15.5. The fourth-order valence-corrected chi connectivity index (χ4v) is 5.84. The third-order valence-electron chi connectivity index (χ3n) is 8.32. The summed E-state index contributed by atoms with van der Waals surface area (Å²) in [5, 5.41) is 22.0. The molecule has 0 aromatic carbocycles. The van der Waals surface area contributed by atoms with Gasteiger partial charge in [0.1, 0.15) is 12.2 Å². The number of carbonyl (C=O) groups is 2. The predicted molar refractivity (Wildman–Crippen MR) is 161 cm³/mol. The van der Waals surface area contributed by atoms with Crippen LogP contribution in [0.15, 0.2) is 48.6 Å². The minimum atomic E-state index is -0.862. The third-order valence-corrected chi connectivity index (χ3v) is 8.32. The molecule has 1 amide bonds. The van der Waals surface area contributed by atoms with Gasteiger partial charge in [-0.3, -0.25) is 4.79 Å². The molecule has 0 saturated carbocycles. The maximum atomic E-state index is 11.9. The lowest BCUT2D eigenvalue weighted by molar-refractivity contribution is -0.164. The summed E-state index contributed by atoms with van der Waals surface area (Å²) in [7, 11) is 0. The van der Waals surface area contributed by atoms with E-state index in [4.69, 9.17) is 15.2 Å². The van der Waals surface area contributed by atoms with Crippen molar-refractivity contribution in [2.24, 2.45) is 47.2 Å². The van der Waals surface area contributed by atoms with Crippen molar-refractivity contribution in [1.29, 1.82) is 0 Å². The maximum Gasteiger partial charge on any atom is 0.404 e. The molecule has 0 aliphatic carbocycles. The van der Waals surface area contributed by atoms with Gasteiger partial charge in [0.2, 0.25) is 0 Å². The molecule has 228 valence electrons. The van der Waals surface area contributed by atoms with Crippen molar-refractivity contribution in [3.8, 4) is 0 Å². The molecule has 4 N–H and O–H groups in total. The number of ether oxygens (including phenoxy) is 2. The van der Waals surface area contributed by atoms with Gasteiger partial charge in [-0.05, 0) is 44.4 Å². The van der Waals surface area contributed by atoms with Gasteiger partial charge >= 0.3 is 12.1 Å². The van der Waals surface area contributed by atoms with Crippen LogP contribution < -0.4 is 5.73 Å². The zero-order valence-corrected chi connectivity index (χ0v) is 26.0. The number of carbonyl (C=O) groups excluding carboxylic acids is 2. The SMILES string of the molecule is C=C/C=C\[C@H](C)[C@H](OC(N)=O)[C@@H](C)[C@H](O)[C@@H](C)C/C(C)=C\[C@H](C)[C@@H](O)[C@@H](C)/C=C\CC[C@@H]1OC(=O)[C@H](C)C[C@H]1C. The number of aliphatic hydroxyl groups is 2. The zero-order valence-electron chi connectivity index (χ0n) is 26.0. The van der Waals surface area contributed by atoms with Gasteiger partial charge in [0.25, 0.3) is 0 Å². The summed E-state index contributed by atoms with van der Waals surface area (Å²) in [6.07, 6.45) is 11.9. The fraction of sp³-hybridized carbons (Fsp3) is 0.697. The monoisotopic (exact) mass is 561 g/mol. The van der Waals surface area contributed by atoms with Gasteiger partial charge in [-0.25, -0.2) is 4.79 Å². The van der Waals surface area contributed by atoms with Crippen LogP contribution in [0, 0.1) is 41.4 Å². The van der Waals surface area contributed by atoms with Crippen LogP contribution in [0.5, 0.6) is 0 Å². The lowest BCUT2D eigenvalue weighted by Gasteiger charge is -2.33. The minimum absolute atomic E-state index is 0.0223. The lowest BCUT2D eigenvalue weighted by atomic mass is 9.81. The van der Waals surface area contributed by atoms with Crippen LogP contribution in [0.2, 0.25) is 0 Å². The number of esters is 1. The van der Waals surface area contributed by atoms with Crippen LogP contribution in [0.1, 0.15) is 81.1 Å². The summed E-state index contributed by atoms with van der Waals surface area (Å²) in [6, 6.07) is 0. The summed E-state index contributed by atoms with van der Waals surface area (Å²) in [6.45, 7) is 19.5. The molecule has 1 aliphatic heterocycles. The van der Waals surface area contributed by atoms with Crippen molar-refractivity contribution in [3.63, 3.8) is 0 Å². The third kappa shape index (κ3) is 11.6. The smallest absolute Gasteiger partial charge is 0.404 e. The maximum absolute atomic E-state index is 11.9. The van der Waals surface area contributed by atoms with E-state index >= 15 is 0 Å². The second-order valence-corrected chi connectivity index (χ2v) is 12.2. The van der Waals surface area contributed by atoms with Crippen molar-refractivity contribution in [2.75, 3.05) is 0 Å². The van der Waals surface area contributed by atoms with Crippen molar-refractivity contribution < 1.29 is 29.3 Å². The number of amides is 1. The molecule has 7 heteroatoms. The first-order valence-corrected chi connectivity index (χ1v) is 14.8. The number of aliphatic hydroxyl groups excluding tert-OH is 2. The van der Waals surface area contributed by atoms with E-state index in [2.05, 4.69) is 25.7 Å². The molecule has 1 fully saturated rings. The van der Waals surface area contributed by atoms with Crippen LogP contribution in [-0.2, 0) is 14.3 Å². The first-order chi connectivity index (χ1) is 18.7. The molecule has 0 unspecified atom stereocenters. The van der Waals surface area contributed by atoms with E-state index in [1.165, 1.54) is 0 Å². The Hall–Kier alpha value is -2.38. The van der Waals surface area contributed by atoms with E-state index in [-0.39, 0.29) is 47.6 Å². The van der Waals surface area contributed by atoms with Crippen molar-refractivity contribution in [2.45, 2.75) is 105 Å². The molecular weight excluding hydrogens is 506 g/mol. The first kappa shape index (κ1) is 35.6. The molecule has 0 bridgehead atoms. The first-order valence-electron chi connectivity index (χ1n) is 14.8. The van der Waals surface area contributed by atoms with E-state index in [0.717, 1.165) is 24.8 Å². The molecule has 11 atom stereocenters. The van der Waals surface area contributed by atoms with Crippen LogP contribution >= 0.6 is 0 Å². The van der Waals surface area contributed by atoms with Gasteiger partial charge in [0.15, 0.2) is 0 Å². The number of hydrogen-bond donors (Lipinski definition) is 3. The van der Waals surface area contributed by atoms with E-state index in [1.807, 2.05) is 60.6 Å². The minimum Gasteiger partial charge on any atom is -0.462 e. The summed E-state index contributed by atoms with van der Waals surface area (Å²) in [5.74, 6) is -0.447. The molecule has 0 spiro atoms.